The summed E-state index contributed by atoms with van der Waals surface area (Å²) in [5.41, 5.74) is 8.16. The van der Waals surface area contributed by atoms with E-state index in [0.717, 1.165) is 24.5 Å². The van der Waals surface area contributed by atoms with Gasteiger partial charge in [-0.3, -0.25) is 0 Å². The third kappa shape index (κ3) is 3.66. The number of nitrogens with zero attached hydrogens (tertiary/aromatic N) is 1. The third-order valence-corrected chi connectivity index (χ3v) is 6.99. The minimum atomic E-state index is 0.752. The van der Waals surface area contributed by atoms with Gasteiger partial charge < -0.3 is 4.90 Å². The quantitative estimate of drug-likeness (QED) is 0.668. The number of hydrogen-bond acceptors (Lipinski definition) is 2. The van der Waals surface area contributed by atoms with Crippen LogP contribution < -0.4 is 0 Å². The predicted octanol–water partition coefficient (Wildman–Crippen LogP) is 5.74. The van der Waals surface area contributed by atoms with Gasteiger partial charge in [0.25, 0.3) is 0 Å². The van der Waals surface area contributed by atoms with Crippen LogP contribution in [0.2, 0.25) is 0 Å². The molecule has 2 aliphatic carbocycles. The van der Waals surface area contributed by atoms with E-state index in [1.165, 1.54) is 48.3 Å². The Morgan fingerprint density at radius 3 is 2.76 bits per heavy atom. The highest BCUT2D eigenvalue weighted by molar-refractivity contribution is 8.02. The molecule has 0 N–H and O–H groups in total. The highest BCUT2D eigenvalue weighted by Gasteiger charge is 2.27. The maximum absolute atomic E-state index is 2.41. The van der Waals surface area contributed by atoms with Crippen LogP contribution in [0.5, 0.6) is 0 Å². The monoisotopic (exact) mass is 351 g/mol. The van der Waals surface area contributed by atoms with E-state index in [2.05, 4.69) is 55.4 Å². The Kier molecular flexibility index (Phi) is 5.19. The Bertz CT molecular complexity index is 738. The van der Waals surface area contributed by atoms with Crippen molar-refractivity contribution in [1.82, 2.24) is 4.90 Å². The summed E-state index contributed by atoms with van der Waals surface area (Å²) < 4.78 is 0. The topological polar surface area (TPSA) is 3.24 Å². The summed E-state index contributed by atoms with van der Waals surface area (Å²) in [5, 5.41) is 0. The largest absolute Gasteiger partial charge is 0.309 e. The fraction of sp³-hybridized carbons (Fsp3) is 0.478. The first-order chi connectivity index (χ1) is 12.2. The van der Waals surface area contributed by atoms with E-state index in [9.17, 15) is 0 Å². The van der Waals surface area contributed by atoms with Gasteiger partial charge in [-0.1, -0.05) is 48.4 Å². The smallest absolute Gasteiger partial charge is 0.0234 e. The molecule has 0 bridgehead atoms. The summed E-state index contributed by atoms with van der Waals surface area (Å²) in [4.78, 5) is 3.90. The van der Waals surface area contributed by atoms with Gasteiger partial charge >= 0.3 is 0 Å². The van der Waals surface area contributed by atoms with E-state index in [0.29, 0.717) is 0 Å². The molecule has 1 saturated carbocycles. The summed E-state index contributed by atoms with van der Waals surface area (Å²) >= 11 is 2.04. The molecule has 1 heterocycles. The van der Waals surface area contributed by atoms with E-state index in [4.69, 9.17) is 0 Å². The van der Waals surface area contributed by atoms with Crippen molar-refractivity contribution in [3.05, 3.63) is 69.2 Å². The van der Waals surface area contributed by atoms with E-state index in [-0.39, 0.29) is 0 Å². The molecule has 1 unspecified atom stereocenters. The first-order valence-corrected chi connectivity index (χ1v) is 10.7. The van der Waals surface area contributed by atoms with Crippen LogP contribution in [0.1, 0.15) is 43.2 Å². The minimum Gasteiger partial charge on any atom is -0.309 e. The highest BCUT2D eigenvalue weighted by atomic mass is 32.2. The summed E-state index contributed by atoms with van der Waals surface area (Å²) in [6.07, 6.45) is 12.5. The summed E-state index contributed by atoms with van der Waals surface area (Å²) in [7, 11) is 4.44. The summed E-state index contributed by atoms with van der Waals surface area (Å²) in [5.74, 6) is 1.87. The number of rotatable bonds is 2. The highest BCUT2D eigenvalue weighted by Crippen LogP contribution is 2.44. The molecule has 0 spiro atoms. The van der Waals surface area contributed by atoms with Gasteiger partial charge in [0, 0.05) is 17.2 Å². The molecular weight excluding hydrogens is 322 g/mol. The van der Waals surface area contributed by atoms with E-state index in [1.54, 1.807) is 16.7 Å². The summed E-state index contributed by atoms with van der Waals surface area (Å²) in [6.45, 7) is 1.20. The number of hydrogen-bond donors (Lipinski definition) is 0. The molecule has 132 valence electrons. The second kappa shape index (κ2) is 7.55. The molecule has 1 nitrogen and oxygen atoms in total. The molecule has 1 aromatic carbocycles. The van der Waals surface area contributed by atoms with Gasteiger partial charge in [0.1, 0.15) is 0 Å². The second-order valence-electron chi connectivity index (χ2n) is 7.89. The lowest BCUT2D eigenvalue weighted by atomic mass is 9.77. The van der Waals surface area contributed by atoms with E-state index < -0.39 is 0 Å². The first-order valence-electron chi connectivity index (χ1n) is 9.68. The molecule has 2 heteroatoms. The lowest BCUT2D eigenvalue weighted by Gasteiger charge is -2.32. The molecule has 1 fully saturated rings. The van der Waals surface area contributed by atoms with Crippen LogP contribution in [-0.2, 0) is 12.2 Å². The molecule has 0 amide bonds. The average Bonchev–Trinajstić information content (AvgIpc) is 2.81. The van der Waals surface area contributed by atoms with Crippen LogP contribution in [-0.4, -0.2) is 25.5 Å². The predicted molar refractivity (Wildman–Crippen MR) is 110 cm³/mol. The fourth-order valence-electron chi connectivity index (χ4n) is 4.65. The van der Waals surface area contributed by atoms with Crippen molar-refractivity contribution in [3.63, 3.8) is 0 Å². The maximum atomic E-state index is 2.41. The lowest BCUT2D eigenvalue weighted by molar-refractivity contribution is 0.312. The van der Waals surface area contributed by atoms with Crippen molar-refractivity contribution in [3.8, 4) is 0 Å². The van der Waals surface area contributed by atoms with Crippen LogP contribution in [0, 0.1) is 5.92 Å². The Hall–Kier alpha value is -1.25. The van der Waals surface area contributed by atoms with Gasteiger partial charge in [0.2, 0.25) is 0 Å². The van der Waals surface area contributed by atoms with Gasteiger partial charge in [-0.15, -0.1) is 11.8 Å². The first kappa shape index (κ1) is 17.2. The number of fused-ring (bicyclic) bond motifs is 1. The standard InChI is InChI=1S/C23H29NS/c1-24(2)15-18-9-5-6-11-20(18)21-12-7-13-23-22(21)14-17-8-3-4-10-19(17)16-25-23/h3-4,7-8,10,13,18H,5-6,9,11-12,14-16H2,1-2H3/b21-20-. The normalized spacial score (nSPS) is 26.4. The molecule has 1 atom stereocenters. The minimum absolute atomic E-state index is 0.752. The lowest BCUT2D eigenvalue weighted by Crippen LogP contribution is -2.26. The zero-order chi connectivity index (χ0) is 17.2. The Morgan fingerprint density at radius 2 is 1.92 bits per heavy atom. The summed E-state index contributed by atoms with van der Waals surface area (Å²) in [6, 6.07) is 9.04. The average molecular weight is 352 g/mol. The van der Waals surface area contributed by atoms with E-state index >= 15 is 0 Å². The zero-order valence-corrected chi connectivity index (χ0v) is 16.4. The molecule has 3 aliphatic rings. The molecule has 0 aromatic heterocycles. The second-order valence-corrected chi connectivity index (χ2v) is 8.91. The van der Waals surface area contributed by atoms with Crippen molar-refractivity contribution in [1.29, 1.82) is 0 Å². The van der Waals surface area contributed by atoms with Crippen molar-refractivity contribution < 1.29 is 0 Å². The van der Waals surface area contributed by atoms with Crippen LogP contribution >= 0.6 is 11.8 Å². The molecule has 1 aliphatic heterocycles. The molecule has 1 aromatic rings. The van der Waals surface area contributed by atoms with Crippen molar-refractivity contribution in [2.45, 2.75) is 44.3 Å². The third-order valence-electron chi connectivity index (χ3n) is 5.84. The molecular formula is C23H29NS. The Morgan fingerprint density at radius 1 is 1.08 bits per heavy atom. The van der Waals surface area contributed by atoms with Gasteiger partial charge in [0.05, 0.1) is 0 Å². The van der Waals surface area contributed by atoms with Gasteiger partial charge in [0.15, 0.2) is 0 Å². The van der Waals surface area contributed by atoms with Crippen LogP contribution in [0.25, 0.3) is 0 Å². The van der Waals surface area contributed by atoms with Crippen LogP contribution in [0.4, 0.5) is 0 Å². The maximum Gasteiger partial charge on any atom is 0.0234 e. The molecule has 4 rings (SSSR count). The fourth-order valence-corrected chi connectivity index (χ4v) is 5.81. The van der Waals surface area contributed by atoms with Gasteiger partial charge in [-0.2, -0.15) is 0 Å². The zero-order valence-electron chi connectivity index (χ0n) is 15.6. The van der Waals surface area contributed by atoms with Crippen molar-refractivity contribution >= 4 is 11.8 Å². The van der Waals surface area contributed by atoms with Crippen molar-refractivity contribution in [2.24, 2.45) is 5.92 Å². The van der Waals surface area contributed by atoms with Gasteiger partial charge in [-0.25, -0.2) is 0 Å². The van der Waals surface area contributed by atoms with E-state index in [1.807, 2.05) is 11.8 Å². The van der Waals surface area contributed by atoms with Crippen molar-refractivity contribution in [2.75, 3.05) is 20.6 Å². The molecule has 0 saturated heterocycles. The molecule has 25 heavy (non-hydrogen) atoms. The van der Waals surface area contributed by atoms with Crippen LogP contribution in [0.3, 0.4) is 0 Å². The Labute approximate surface area is 156 Å². The van der Waals surface area contributed by atoms with Gasteiger partial charge in [-0.05, 0) is 74.4 Å². The number of thioether (sulfide) groups is 1. The Balaban J connectivity index is 1.74. The number of allylic oxidation sites excluding steroid dienone is 4. The van der Waals surface area contributed by atoms with Crippen LogP contribution in [0.15, 0.2) is 58.0 Å². The SMILES string of the molecule is CN(C)CC1CCCC/C1=C1\CC=CC2=C1Cc1ccccc1CS2. The number of benzene rings is 1. The molecule has 0 radical (unpaired) electrons.